The maximum Gasteiger partial charge on any atom is 0.269 e. The Kier molecular flexibility index (Phi) is 3.80. The van der Waals surface area contributed by atoms with Crippen LogP contribution in [0.5, 0.6) is 0 Å². The Balaban J connectivity index is 2.01. The van der Waals surface area contributed by atoms with Gasteiger partial charge in [0.05, 0.1) is 10.5 Å². The third-order valence-corrected chi connectivity index (χ3v) is 4.91. The number of Topliss-reactive ketones (excluding diaryl/α,β-unsaturated/α-hetero) is 1. The zero-order chi connectivity index (χ0) is 18.4. The summed E-state index contributed by atoms with van der Waals surface area (Å²) in [6, 6.07) is 6.04. The number of carbonyl (C=O) groups excluding carboxylic acids is 1. The second kappa shape index (κ2) is 6.03. The number of aromatic nitrogens is 2. The van der Waals surface area contributed by atoms with Gasteiger partial charge in [0.1, 0.15) is 5.82 Å². The summed E-state index contributed by atoms with van der Waals surface area (Å²) in [4.78, 5) is 41.4. The van der Waals surface area contributed by atoms with Crippen molar-refractivity contribution in [1.82, 2.24) is 9.97 Å². The van der Waals surface area contributed by atoms with Crippen molar-refractivity contribution in [3.63, 3.8) is 0 Å². The predicted octanol–water partition coefficient (Wildman–Crippen LogP) is 2.91. The molecule has 1 unspecified atom stereocenters. The molecule has 0 bridgehead atoms. The molecule has 1 aromatic carbocycles. The highest BCUT2D eigenvalue weighted by Gasteiger charge is 2.37. The first kappa shape index (κ1) is 16.4. The third-order valence-electron chi connectivity index (χ3n) is 4.70. The monoisotopic (exact) mass is 370 g/mol. The fourth-order valence-electron chi connectivity index (χ4n) is 3.64. The number of nitro benzene ring substituents is 1. The number of rotatable bonds is 2. The zero-order valence-corrected chi connectivity index (χ0v) is 14.3. The third kappa shape index (κ3) is 2.57. The molecule has 4 rings (SSSR count). The number of hydrogen-bond donors (Lipinski definition) is 3. The van der Waals surface area contributed by atoms with Crippen LogP contribution in [0.2, 0.25) is 0 Å². The first-order valence-electron chi connectivity index (χ1n) is 8.10. The van der Waals surface area contributed by atoms with Crippen LogP contribution in [0.15, 0.2) is 40.3 Å². The average molecular weight is 370 g/mol. The highest BCUT2D eigenvalue weighted by Crippen LogP contribution is 2.43. The standard InChI is InChI=1S/C17H14N4O4S/c22-11-6-2-5-10-13(11)12(8-3-1-4-9(7-8)21(24)25)14-15(18-10)19-17(26)20-16(14)23/h1,3-4,7,12H,2,5-6H2,(H3,18,19,20,23,26). The van der Waals surface area contributed by atoms with Crippen molar-refractivity contribution >= 4 is 29.5 Å². The van der Waals surface area contributed by atoms with Crippen molar-refractivity contribution in [3.05, 3.63) is 71.9 Å². The largest absolute Gasteiger partial charge is 0.344 e. The van der Waals surface area contributed by atoms with Gasteiger partial charge in [-0.2, -0.15) is 0 Å². The molecular weight excluding hydrogens is 356 g/mol. The molecule has 0 saturated heterocycles. The van der Waals surface area contributed by atoms with E-state index < -0.39 is 16.4 Å². The molecule has 8 nitrogen and oxygen atoms in total. The van der Waals surface area contributed by atoms with Crippen LogP contribution in [-0.4, -0.2) is 20.7 Å². The number of H-pyrrole nitrogens is 2. The van der Waals surface area contributed by atoms with Crippen LogP contribution >= 0.6 is 12.2 Å². The number of nitro groups is 1. The summed E-state index contributed by atoms with van der Waals surface area (Å²) in [5, 5.41) is 14.3. The number of anilines is 1. The summed E-state index contributed by atoms with van der Waals surface area (Å²) in [6.07, 6.45) is 1.77. The van der Waals surface area contributed by atoms with E-state index in [1.807, 2.05) is 0 Å². The minimum atomic E-state index is -0.676. The van der Waals surface area contributed by atoms with Crippen molar-refractivity contribution < 1.29 is 9.72 Å². The normalized spacial score (nSPS) is 18.8. The first-order chi connectivity index (χ1) is 12.5. The molecule has 1 aliphatic carbocycles. The Hall–Kier alpha value is -3.07. The van der Waals surface area contributed by atoms with Crippen LogP contribution in [0.4, 0.5) is 11.5 Å². The molecule has 0 radical (unpaired) electrons. The molecule has 2 aliphatic rings. The Morgan fingerprint density at radius 3 is 2.77 bits per heavy atom. The fourth-order valence-corrected chi connectivity index (χ4v) is 3.84. The summed E-state index contributed by atoms with van der Waals surface area (Å²) < 4.78 is 0.172. The number of allylic oxidation sites excluding steroid dienone is 2. The van der Waals surface area contributed by atoms with Gasteiger partial charge in [-0.25, -0.2) is 0 Å². The van der Waals surface area contributed by atoms with Crippen molar-refractivity contribution in [2.24, 2.45) is 0 Å². The van der Waals surface area contributed by atoms with Gasteiger partial charge in [0.15, 0.2) is 10.6 Å². The van der Waals surface area contributed by atoms with E-state index in [4.69, 9.17) is 12.2 Å². The zero-order valence-electron chi connectivity index (χ0n) is 13.5. The van der Waals surface area contributed by atoms with E-state index in [1.165, 1.54) is 12.1 Å². The lowest BCUT2D eigenvalue weighted by Gasteiger charge is -2.32. The van der Waals surface area contributed by atoms with E-state index in [0.717, 1.165) is 5.70 Å². The van der Waals surface area contributed by atoms with Crippen LogP contribution in [0, 0.1) is 14.9 Å². The summed E-state index contributed by atoms with van der Waals surface area (Å²) in [5.41, 5.74) is 1.57. The highest BCUT2D eigenvalue weighted by molar-refractivity contribution is 7.71. The number of hydrogen-bond acceptors (Lipinski definition) is 6. The van der Waals surface area contributed by atoms with Gasteiger partial charge in [0.25, 0.3) is 11.2 Å². The second-order valence-electron chi connectivity index (χ2n) is 6.28. The molecule has 1 aromatic heterocycles. The molecule has 0 amide bonds. The number of nitrogens with one attached hydrogen (secondary N) is 3. The lowest BCUT2D eigenvalue weighted by molar-refractivity contribution is -0.384. The molecule has 0 fully saturated rings. The van der Waals surface area contributed by atoms with Gasteiger partial charge in [0.2, 0.25) is 0 Å². The molecule has 9 heteroatoms. The summed E-state index contributed by atoms with van der Waals surface area (Å²) in [7, 11) is 0. The van der Waals surface area contributed by atoms with Crippen molar-refractivity contribution in [1.29, 1.82) is 0 Å². The van der Waals surface area contributed by atoms with Crippen molar-refractivity contribution in [2.45, 2.75) is 25.2 Å². The number of fused-ring (bicyclic) bond motifs is 1. The molecule has 3 N–H and O–H groups in total. The van der Waals surface area contributed by atoms with Crippen LogP contribution in [0.25, 0.3) is 0 Å². The maximum atomic E-state index is 12.6. The molecule has 1 atom stereocenters. The Bertz CT molecular complexity index is 1100. The lowest BCUT2D eigenvalue weighted by atomic mass is 9.76. The maximum absolute atomic E-state index is 12.6. The van der Waals surface area contributed by atoms with Crippen molar-refractivity contribution in [3.8, 4) is 0 Å². The van der Waals surface area contributed by atoms with Gasteiger partial charge in [-0.3, -0.25) is 24.7 Å². The quantitative estimate of drug-likeness (QED) is 0.425. The smallest absolute Gasteiger partial charge is 0.269 e. The van der Waals surface area contributed by atoms with E-state index in [0.29, 0.717) is 41.8 Å². The number of nitrogens with zero attached hydrogens (tertiary/aromatic N) is 1. The number of aromatic amines is 2. The van der Waals surface area contributed by atoms with Crippen LogP contribution < -0.4 is 10.9 Å². The molecule has 2 heterocycles. The molecule has 0 spiro atoms. The molecule has 26 heavy (non-hydrogen) atoms. The van der Waals surface area contributed by atoms with Gasteiger partial charge in [-0.15, -0.1) is 0 Å². The van der Waals surface area contributed by atoms with Crippen LogP contribution in [-0.2, 0) is 4.79 Å². The van der Waals surface area contributed by atoms with Gasteiger partial charge in [-0.05, 0) is 30.6 Å². The van der Waals surface area contributed by atoms with Crippen LogP contribution in [0.1, 0.15) is 36.3 Å². The topological polar surface area (TPSA) is 121 Å². The summed E-state index contributed by atoms with van der Waals surface area (Å²) in [6.45, 7) is 0. The van der Waals surface area contributed by atoms with E-state index in [2.05, 4.69) is 15.3 Å². The molecule has 1 aliphatic heterocycles. The van der Waals surface area contributed by atoms with Crippen molar-refractivity contribution in [2.75, 3.05) is 5.32 Å². The van der Waals surface area contributed by atoms with Gasteiger partial charge >= 0.3 is 0 Å². The van der Waals surface area contributed by atoms with E-state index in [9.17, 15) is 19.7 Å². The second-order valence-corrected chi connectivity index (χ2v) is 6.68. The van der Waals surface area contributed by atoms with Gasteiger partial charge in [0, 0.05) is 35.7 Å². The summed E-state index contributed by atoms with van der Waals surface area (Å²) in [5.74, 6) is -0.295. The van der Waals surface area contributed by atoms with Crippen LogP contribution in [0.3, 0.4) is 0 Å². The molecule has 0 saturated carbocycles. The number of non-ortho nitro benzene ring substituents is 1. The Morgan fingerprint density at radius 2 is 2.00 bits per heavy atom. The Labute approximate surface area is 152 Å². The summed E-state index contributed by atoms with van der Waals surface area (Å²) >= 11 is 5.04. The Morgan fingerprint density at radius 1 is 1.19 bits per heavy atom. The van der Waals surface area contributed by atoms with E-state index in [1.54, 1.807) is 12.1 Å². The number of carbonyl (C=O) groups is 1. The predicted molar refractivity (Wildman–Crippen MR) is 96.7 cm³/mol. The van der Waals surface area contributed by atoms with E-state index >= 15 is 0 Å². The number of ketones is 1. The number of benzene rings is 1. The SMILES string of the molecule is O=C1CCCC2=C1C(c1cccc([N+](=O)[O-])c1)c1c([nH]c(=S)[nH]c1=O)N2. The fraction of sp³-hybridized carbons (Fsp3) is 0.235. The minimum Gasteiger partial charge on any atom is -0.344 e. The van der Waals surface area contributed by atoms with Gasteiger partial charge in [-0.1, -0.05) is 12.1 Å². The first-order valence-corrected chi connectivity index (χ1v) is 8.50. The molecule has 2 aromatic rings. The molecule has 132 valence electrons. The van der Waals surface area contributed by atoms with Gasteiger partial charge < -0.3 is 10.3 Å². The highest BCUT2D eigenvalue weighted by atomic mass is 32.1. The minimum absolute atomic E-state index is 0.0530. The van der Waals surface area contributed by atoms with E-state index in [-0.39, 0.29) is 16.2 Å². The molecular formula is C17H14N4O4S. The lowest BCUT2D eigenvalue weighted by Crippen LogP contribution is -2.32. The average Bonchev–Trinajstić information content (AvgIpc) is 2.60.